The number of benzene rings is 2. The Labute approximate surface area is 147 Å². The van der Waals surface area contributed by atoms with Crippen LogP contribution in [0.4, 0.5) is 11.4 Å². The van der Waals surface area contributed by atoms with Gasteiger partial charge in [-0.3, -0.25) is 0 Å². The highest BCUT2D eigenvalue weighted by molar-refractivity contribution is 7.80. The van der Waals surface area contributed by atoms with Gasteiger partial charge in [0.05, 0.1) is 25.0 Å². The van der Waals surface area contributed by atoms with E-state index in [1.807, 2.05) is 25.1 Å². The van der Waals surface area contributed by atoms with Gasteiger partial charge in [-0.25, -0.2) is 4.79 Å². The third kappa shape index (κ3) is 4.70. The van der Waals surface area contributed by atoms with Crippen molar-refractivity contribution in [2.24, 2.45) is 0 Å². The third-order valence-corrected chi connectivity index (χ3v) is 3.46. The van der Waals surface area contributed by atoms with Crippen molar-refractivity contribution in [3.63, 3.8) is 0 Å². The maximum Gasteiger partial charge on any atom is 0.338 e. The molecule has 2 N–H and O–H groups in total. The van der Waals surface area contributed by atoms with E-state index in [9.17, 15) is 4.79 Å². The van der Waals surface area contributed by atoms with Crippen molar-refractivity contribution in [2.75, 3.05) is 24.4 Å². The molecule has 0 saturated carbocycles. The number of rotatable bonds is 5. The first-order valence-corrected chi connectivity index (χ1v) is 7.94. The first-order valence-electron chi connectivity index (χ1n) is 7.53. The molecule has 0 amide bonds. The summed E-state index contributed by atoms with van der Waals surface area (Å²) in [4.78, 5) is 11.6. The van der Waals surface area contributed by atoms with E-state index in [0.717, 1.165) is 16.9 Å². The van der Waals surface area contributed by atoms with Crippen molar-refractivity contribution in [1.29, 1.82) is 0 Å². The quantitative estimate of drug-likeness (QED) is 0.632. The van der Waals surface area contributed by atoms with E-state index in [4.69, 9.17) is 21.7 Å². The van der Waals surface area contributed by atoms with E-state index in [1.165, 1.54) is 0 Å². The van der Waals surface area contributed by atoms with Gasteiger partial charge in [-0.15, -0.1) is 0 Å². The second-order valence-corrected chi connectivity index (χ2v) is 5.49. The fourth-order valence-electron chi connectivity index (χ4n) is 2.11. The van der Waals surface area contributed by atoms with Crippen LogP contribution in [0.3, 0.4) is 0 Å². The van der Waals surface area contributed by atoms with Crippen LogP contribution in [0, 0.1) is 6.92 Å². The average Bonchev–Trinajstić information content (AvgIpc) is 2.56. The molecular formula is C18H20N2O3S. The Morgan fingerprint density at radius 3 is 2.46 bits per heavy atom. The first kappa shape index (κ1) is 17.7. The minimum Gasteiger partial charge on any atom is -0.495 e. The lowest BCUT2D eigenvalue weighted by Crippen LogP contribution is -2.19. The average molecular weight is 344 g/mol. The second-order valence-electron chi connectivity index (χ2n) is 5.08. The standard InChI is InChI=1S/C18H20N2O3S/c1-4-23-17(21)13-6-8-14(9-7-13)19-18(24)20-15-11-12(2)5-10-16(15)22-3/h5-11H,4H2,1-3H3,(H2,19,20,24). The zero-order valence-corrected chi connectivity index (χ0v) is 14.7. The Balaban J connectivity index is 2.02. The molecule has 0 radical (unpaired) electrons. The molecular weight excluding hydrogens is 324 g/mol. The van der Waals surface area contributed by atoms with Gasteiger partial charge < -0.3 is 20.1 Å². The van der Waals surface area contributed by atoms with Gasteiger partial charge in [0.1, 0.15) is 5.75 Å². The molecule has 2 aromatic rings. The summed E-state index contributed by atoms with van der Waals surface area (Å²) in [7, 11) is 1.61. The number of nitrogens with one attached hydrogen (secondary N) is 2. The fraction of sp³-hybridized carbons (Fsp3) is 0.222. The zero-order valence-electron chi connectivity index (χ0n) is 13.9. The number of carbonyl (C=O) groups is 1. The molecule has 2 rings (SSSR count). The molecule has 126 valence electrons. The van der Waals surface area contributed by atoms with Gasteiger partial charge in [-0.05, 0) is 68.0 Å². The van der Waals surface area contributed by atoms with E-state index in [0.29, 0.717) is 23.0 Å². The van der Waals surface area contributed by atoms with Crippen molar-refractivity contribution in [3.8, 4) is 5.75 Å². The highest BCUT2D eigenvalue weighted by atomic mass is 32.1. The van der Waals surface area contributed by atoms with E-state index >= 15 is 0 Å². The molecule has 0 fully saturated rings. The van der Waals surface area contributed by atoms with Crippen LogP contribution >= 0.6 is 12.2 Å². The Kier molecular flexibility index (Phi) is 6.14. The predicted molar refractivity (Wildman–Crippen MR) is 100.0 cm³/mol. The summed E-state index contributed by atoms with van der Waals surface area (Å²) in [5, 5.41) is 6.62. The first-order chi connectivity index (χ1) is 11.5. The number of esters is 1. The molecule has 6 heteroatoms. The highest BCUT2D eigenvalue weighted by Crippen LogP contribution is 2.25. The summed E-state index contributed by atoms with van der Waals surface area (Å²) in [5.74, 6) is 0.372. The Bertz CT molecular complexity index is 730. The van der Waals surface area contributed by atoms with Crippen molar-refractivity contribution < 1.29 is 14.3 Å². The summed E-state index contributed by atoms with van der Waals surface area (Å²) < 4.78 is 10.3. The molecule has 0 spiro atoms. The molecule has 0 aromatic heterocycles. The van der Waals surface area contributed by atoms with Gasteiger partial charge in [0.25, 0.3) is 0 Å². The summed E-state index contributed by atoms with van der Waals surface area (Å²) in [6.45, 7) is 4.12. The number of ether oxygens (including phenoxy) is 2. The molecule has 0 unspecified atom stereocenters. The van der Waals surface area contributed by atoms with Gasteiger partial charge in [0.2, 0.25) is 0 Å². The molecule has 24 heavy (non-hydrogen) atoms. The number of hydrogen-bond donors (Lipinski definition) is 2. The third-order valence-electron chi connectivity index (χ3n) is 3.26. The van der Waals surface area contributed by atoms with Gasteiger partial charge in [-0.1, -0.05) is 6.07 Å². The molecule has 0 saturated heterocycles. The molecule has 2 aromatic carbocycles. The van der Waals surface area contributed by atoms with Crippen LogP contribution in [0.25, 0.3) is 0 Å². The molecule has 0 aliphatic rings. The van der Waals surface area contributed by atoms with Gasteiger partial charge >= 0.3 is 5.97 Å². The monoisotopic (exact) mass is 344 g/mol. The summed E-state index contributed by atoms with van der Waals surface area (Å²) >= 11 is 5.33. The van der Waals surface area contributed by atoms with Gasteiger partial charge in [-0.2, -0.15) is 0 Å². The van der Waals surface area contributed by atoms with Crippen LogP contribution in [0.1, 0.15) is 22.8 Å². The number of carbonyl (C=O) groups excluding carboxylic acids is 1. The summed E-state index contributed by atoms with van der Waals surface area (Å²) in [5.41, 5.74) is 3.16. The largest absolute Gasteiger partial charge is 0.495 e. The van der Waals surface area contributed by atoms with E-state index in [-0.39, 0.29) is 5.97 Å². The van der Waals surface area contributed by atoms with Crippen molar-refractivity contribution in [3.05, 3.63) is 53.6 Å². The maximum atomic E-state index is 11.6. The molecule has 0 atom stereocenters. The van der Waals surface area contributed by atoms with Gasteiger partial charge in [0.15, 0.2) is 5.11 Å². The van der Waals surface area contributed by atoms with Crippen molar-refractivity contribution in [1.82, 2.24) is 0 Å². The molecule has 0 bridgehead atoms. The number of aryl methyl sites for hydroxylation is 1. The summed E-state index contributed by atoms with van der Waals surface area (Å²) in [6.07, 6.45) is 0. The highest BCUT2D eigenvalue weighted by Gasteiger charge is 2.08. The minimum atomic E-state index is -0.339. The zero-order chi connectivity index (χ0) is 17.5. The Morgan fingerprint density at radius 2 is 1.83 bits per heavy atom. The van der Waals surface area contributed by atoms with Crippen LogP contribution < -0.4 is 15.4 Å². The van der Waals surface area contributed by atoms with E-state index < -0.39 is 0 Å². The molecule has 0 aliphatic carbocycles. The lowest BCUT2D eigenvalue weighted by Gasteiger charge is -2.14. The smallest absolute Gasteiger partial charge is 0.338 e. The van der Waals surface area contributed by atoms with Crippen LogP contribution in [0.2, 0.25) is 0 Å². The lowest BCUT2D eigenvalue weighted by molar-refractivity contribution is 0.0526. The normalized spacial score (nSPS) is 9.96. The van der Waals surface area contributed by atoms with E-state index in [2.05, 4.69) is 10.6 Å². The van der Waals surface area contributed by atoms with Crippen LogP contribution in [0.15, 0.2) is 42.5 Å². The van der Waals surface area contributed by atoms with Gasteiger partial charge in [0, 0.05) is 5.69 Å². The Morgan fingerprint density at radius 1 is 1.12 bits per heavy atom. The van der Waals surface area contributed by atoms with Crippen molar-refractivity contribution >= 4 is 34.7 Å². The lowest BCUT2D eigenvalue weighted by atomic mass is 10.2. The minimum absolute atomic E-state index is 0.339. The Hall–Kier alpha value is -2.60. The fourth-order valence-corrected chi connectivity index (χ4v) is 2.34. The molecule has 5 nitrogen and oxygen atoms in total. The van der Waals surface area contributed by atoms with Crippen molar-refractivity contribution in [2.45, 2.75) is 13.8 Å². The molecule has 0 heterocycles. The second kappa shape index (κ2) is 8.31. The maximum absolute atomic E-state index is 11.6. The number of hydrogen-bond acceptors (Lipinski definition) is 4. The predicted octanol–water partition coefficient (Wildman–Crippen LogP) is 3.99. The van der Waals surface area contributed by atoms with Crippen LogP contribution in [0.5, 0.6) is 5.75 Å². The van der Waals surface area contributed by atoms with E-state index in [1.54, 1.807) is 38.3 Å². The SMILES string of the molecule is CCOC(=O)c1ccc(NC(=S)Nc2cc(C)ccc2OC)cc1. The molecule has 0 aliphatic heterocycles. The summed E-state index contributed by atoms with van der Waals surface area (Å²) in [6, 6.07) is 12.7. The number of anilines is 2. The number of methoxy groups -OCH3 is 1. The topological polar surface area (TPSA) is 59.6 Å². The van der Waals surface area contributed by atoms with Crippen LogP contribution in [-0.2, 0) is 4.74 Å². The number of thiocarbonyl (C=S) groups is 1. The van der Waals surface area contributed by atoms with Crippen LogP contribution in [-0.4, -0.2) is 24.8 Å².